The summed E-state index contributed by atoms with van der Waals surface area (Å²) >= 11 is 0. The molecule has 110 valence electrons. The molecule has 0 heterocycles. The minimum Gasteiger partial charge on any atom is -0.465 e. The Morgan fingerprint density at radius 2 is 1.60 bits per heavy atom. The second-order valence-electron chi connectivity index (χ2n) is 4.47. The van der Waals surface area contributed by atoms with Gasteiger partial charge < -0.3 is 9.47 Å². The van der Waals surface area contributed by atoms with Crippen LogP contribution >= 0.6 is 0 Å². The van der Waals surface area contributed by atoms with Crippen molar-refractivity contribution < 1.29 is 19.1 Å². The standard InChI is InChI=1S/C16H22O4/c1-6-11-10(4)13(16(18)20-8-3)9-14(12(11)7-2)15(17)19-5/h9H,6-8H2,1-5H3. The predicted octanol–water partition coefficient (Wildman–Crippen LogP) is 3.08. The lowest BCUT2D eigenvalue weighted by Crippen LogP contribution is -2.15. The van der Waals surface area contributed by atoms with Crippen LogP contribution in [0.15, 0.2) is 6.07 Å². The van der Waals surface area contributed by atoms with E-state index < -0.39 is 11.9 Å². The van der Waals surface area contributed by atoms with Crippen LogP contribution in [0.25, 0.3) is 0 Å². The molecule has 0 unspecified atom stereocenters. The van der Waals surface area contributed by atoms with E-state index >= 15 is 0 Å². The molecule has 0 N–H and O–H groups in total. The Hall–Kier alpha value is -1.84. The number of hydrogen-bond donors (Lipinski definition) is 0. The fraction of sp³-hybridized carbons (Fsp3) is 0.500. The van der Waals surface area contributed by atoms with E-state index in [1.165, 1.54) is 7.11 Å². The van der Waals surface area contributed by atoms with E-state index in [-0.39, 0.29) is 0 Å². The Morgan fingerprint density at radius 3 is 2.05 bits per heavy atom. The zero-order chi connectivity index (χ0) is 15.3. The molecule has 1 aromatic rings. The number of ether oxygens (including phenoxy) is 2. The molecule has 20 heavy (non-hydrogen) atoms. The van der Waals surface area contributed by atoms with Crippen LogP contribution in [0.1, 0.15) is 58.2 Å². The summed E-state index contributed by atoms with van der Waals surface area (Å²) in [6.45, 7) is 7.96. The highest BCUT2D eigenvalue weighted by molar-refractivity contribution is 5.98. The maximum absolute atomic E-state index is 12.0. The van der Waals surface area contributed by atoms with Crippen LogP contribution in [-0.4, -0.2) is 25.7 Å². The van der Waals surface area contributed by atoms with Gasteiger partial charge in [0.1, 0.15) is 0 Å². The van der Waals surface area contributed by atoms with Crippen molar-refractivity contribution in [2.24, 2.45) is 0 Å². The highest BCUT2D eigenvalue weighted by Gasteiger charge is 2.22. The monoisotopic (exact) mass is 278 g/mol. The Labute approximate surface area is 120 Å². The van der Waals surface area contributed by atoms with Gasteiger partial charge in [0.05, 0.1) is 24.8 Å². The second-order valence-corrected chi connectivity index (χ2v) is 4.47. The first-order chi connectivity index (χ1) is 9.51. The van der Waals surface area contributed by atoms with Crippen LogP contribution in [0.2, 0.25) is 0 Å². The predicted molar refractivity (Wildman–Crippen MR) is 77.2 cm³/mol. The third-order valence-corrected chi connectivity index (χ3v) is 3.44. The Morgan fingerprint density at radius 1 is 1.00 bits per heavy atom. The molecule has 0 aliphatic rings. The van der Waals surface area contributed by atoms with Crippen LogP contribution in [0.5, 0.6) is 0 Å². The first kappa shape index (κ1) is 16.2. The zero-order valence-corrected chi connectivity index (χ0v) is 12.8. The molecular weight excluding hydrogens is 256 g/mol. The van der Waals surface area contributed by atoms with Crippen molar-refractivity contribution in [2.75, 3.05) is 13.7 Å². The molecule has 1 aromatic carbocycles. The molecule has 4 nitrogen and oxygen atoms in total. The van der Waals surface area contributed by atoms with Crippen molar-refractivity contribution in [3.8, 4) is 0 Å². The molecule has 0 radical (unpaired) electrons. The van der Waals surface area contributed by atoms with E-state index in [4.69, 9.17) is 9.47 Å². The van der Waals surface area contributed by atoms with Crippen molar-refractivity contribution in [2.45, 2.75) is 40.5 Å². The third-order valence-electron chi connectivity index (χ3n) is 3.44. The van der Waals surface area contributed by atoms with Gasteiger partial charge in [-0.25, -0.2) is 9.59 Å². The lowest BCUT2D eigenvalue weighted by atomic mass is 9.89. The molecule has 0 bridgehead atoms. The quantitative estimate of drug-likeness (QED) is 0.777. The molecule has 0 aromatic heterocycles. The first-order valence-corrected chi connectivity index (χ1v) is 6.92. The van der Waals surface area contributed by atoms with Gasteiger partial charge >= 0.3 is 11.9 Å². The fourth-order valence-electron chi connectivity index (χ4n) is 2.49. The van der Waals surface area contributed by atoms with E-state index in [2.05, 4.69) is 0 Å². The smallest absolute Gasteiger partial charge is 0.338 e. The van der Waals surface area contributed by atoms with Gasteiger partial charge in [0, 0.05) is 0 Å². The normalized spacial score (nSPS) is 10.2. The lowest BCUT2D eigenvalue weighted by Gasteiger charge is -2.17. The van der Waals surface area contributed by atoms with E-state index in [9.17, 15) is 9.59 Å². The summed E-state index contributed by atoms with van der Waals surface area (Å²) in [7, 11) is 1.34. The SMILES string of the molecule is CCOC(=O)c1cc(C(=O)OC)c(CC)c(CC)c1C. The van der Waals surface area contributed by atoms with E-state index in [0.717, 1.165) is 29.5 Å². The Bertz CT molecular complexity index is 518. The van der Waals surface area contributed by atoms with Gasteiger partial charge in [-0.2, -0.15) is 0 Å². The zero-order valence-electron chi connectivity index (χ0n) is 12.8. The van der Waals surface area contributed by atoms with Crippen LogP contribution < -0.4 is 0 Å². The van der Waals surface area contributed by atoms with Gasteiger partial charge in [-0.15, -0.1) is 0 Å². The van der Waals surface area contributed by atoms with Crippen molar-refractivity contribution >= 4 is 11.9 Å². The van der Waals surface area contributed by atoms with Crippen molar-refractivity contribution in [3.63, 3.8) is 0 Å². The van der Waals surface area contributed by atoms with E-state index in [1.807, 2.05) is 20.8 Å². The Balaban J connectivity index is 3.55. The van der Waals surface area contributed by atoms with Crippen LogP contribution in [-0.2, 0) is 22.3 Å². The summed E-state index contributed by atoms with van der Waals surface area (Å²) in [6, 6.07) is 1.59. The molecule has 0 spiro atoms. The van der Waals surface area contributed by atoms with Crippen LogP contribution in [0.4, 0.5) is 0 Å². The first-order valence-electron chi connectivity index (χ1n) is 6.92. The summed E-state index contributed by atoms with van der Waals surface area (Å²) in [6.07, 6.45) is 1.48. The third kappa shape index (κ3) is 3.00. The number of carbonyl (C=O) groups is 2. The lowest BCUT2D eigenvalue weighted by molar-refractivity contribution is 0.0525. The summed E-state index contributed by atoms with van der Waals surface area (Å²) in [5, 5.41) is 0. The molecular formula is C16H22O4. The summed E-state index contributed by atoms with van der Waals surface area (Å²) in [5.74, 6) is -0.811. The maximum atomic E-state index is 12.0. The van der Waals surface area contributed by atoms with Gasteiger partial charge in [0.25, 0.3) is 0 Å². The minimum atomic E-state index is -0.415. The molecule has 1 rings (SSSR count). The number of rotatable bonds is 5. The highest BCUT2D eigenvalue weighted by atomic mass is 16.5. The van der Waals surface area contributed by atoms with Gasteiger partial charge in [0.15, 0.2) is 0 Å². The summed E-state index contributed by atoms with van der Waals surface area (Å²) < 4.78 is 9.88. The molecule has 4 heteroatoms. The van der Waals surface area contributed by atoms with Crippen molar-refractivity contribution in [1.82, 2.24) is 0 Å². The minimum absolute atomic E-state index is 0.308. The number of benzene rings is 1. The summed E-state index contributed by atoms with van der Waals surface area (Å²) in [5.41, 5.74) is 3.76. The maximum Gasteiger partial charge on any atom is 0.338 e. The molecule has 0 aliphatic heterocycles. The number of carbonyl (C=O) groups excluding carboxylic acids is 2. The molecule has 0 amide bonds. The highest BCUT2D eigenvalue weighted by Crippen LogP contribution is 2.25. The van der Waals surface area contributed by atoms with E-state index in [1.54, 1.807) is 13.0 Å². The van der Waals surface area contributed by atoms with Gasteiger partial charge in [-0.1, -0.05) is 13.8 Å². The van der Waals surface area contributed by atoms with Gasteiger partial charge in [-0.05, 0) is 49.4 Å². The largest absolute Gasteiger partial charge is 0.465 e. The number of esters is 2. The second kappa shape index (κ2) is 7.08. The van der Waals surface area contributed by atoms with Crippen molar-refractivity contribution in [1.29, 1.82) is 0 Å². The molecule has 0 atom stereocenters. The number of methoxy groups -OCH3 is 1. The Kier molecular flexibility index (Phi) is 5.74. The molecule has 0 fully saturated rings. The van der Waals surface area contributed by atoms with E-state index in [0.29, 0.717) is 17.7 Å². The topological polar surface area (TPSA) is 52.6 Å². The number of hydrogen-bond acceptors (Lipinski definition) is 4. The average Bonchev–Trinajstić information content (AvgIpc) is 2.45. The fourth-order valence-corrected chi connectivity index (χ4v) is 2.49. The molecule has 0 aliphatic carbocycles. The summed E-state index contributed by atoms with van der Waals surface area (Å²) in [4.78, 5) is 24.0. The van der Waals surface area contributed by atoms with Gasteiger partial charge in [-0.3, -0.25) is 0 Å². The molecule has 0 saturated carbocycles. The van der Waals surface area contributed by atoms with Crippen molar-refractivity contribution in [3.05, 3.63) is 33.9 Å². The van der Waals surface area contributed by atoms with Gasteiger partial charge in [0.2, 0.25) is 0 Å². The average molecular weight is 278 g/mol. The van der Waals surface area contributed by atoms with Crippen LogP contribution in [0, 0.1) is 6.92 Å². The molecule has 0 saturated heterocycles. The van der Waals surface area contributed by atoms with Crippen LogP contribution in [0.3, 0.4) is 0 Å².